The Morgan fingerprint density at radius 2 is 2.05 bits per heavy atom. The van der Waals surface area contributed by atoms with Crippen molar-refractivity contribution in [2.75, 3.05) is 5.32 Å². The number of halogens is 1. The van der Waals surface area contributed by atoms with Crippen LogP contribution in [0.4, 0.5) is 5.69 Å². The van der Waals surface area contributed by atoms with E-state index in [2.05, 4.69) is 21.2 Å². The van der Waals surface area contributed by atoms with Crippen LogP contribution in [0.15, 0.2) is 34.8 Å². The van der Waals surface area contributed by atoms with E-state index in [1.54, 1.807) is 0 Å². The first-order valence-corrected chi connectivity index (χ1v) is 6.96. The Morgan fingerprint density at radius 1 is 1.32 bits per heavy atom. The lowest BCUT2D eigenvalue weighted by Crippen LogP contribution is -2.30. The summed E-state index contributed by atoms with van der Waals surface area (Å²) in [6.45, 7) is 3.84. The molecule has 1 heterocycles. The van der Waals surface area contributed by atoms with E-state index in [-0.39, 0.29) is 5.91 Å². The number of fused-ring (bicyclic) bond motifs is 2. The normalized spacial score (nSPS) is 17.3. The van der Waals surface area contributed by atoms with Crippen LogP contribution in [0.2, 0.25) is 0 Å². The van der Waals surface area contributed by atoms with Crippen LogP contribution in [0.1, 0.15) is 20.3 Å². The van der Waals surface area contributed by atoms with Crippen LogP contribution in [0.5, 0.6) is 5.75 Å². The minimum absolute atomic E-state index is 0.0223. The predicted molar refractivity (Wildman–Crippen MR) is 79.6 cm³/mol. The molecule has 0 unspecified atom stereocenters. The van der Waals surface area contributed by atoms with Crippen LogP contribution in [-0.4, -0.2) is 11.5 Å². The second-order valence-corrected chi connectivity index (χ2v) is 6.17. The quantitative estimate of drug-likeness (QED) is 0.793. The van der Waals surface area contributed by atoms with E-state index >= 15 is 0 Å². The van der Waals surface area contributed by atoms with Crippen molar-refractivity contribution in [3.8, 4) is 5.75 Å². The molecule has 98 valence electrons. The summed E-state index contributed by atoms with van der Waals surface area (Å²) >= 11 is 3.60. The molecule has 0 saturated heterocycles. The summed E-state index contributed by atoms with van der Waals surface area (Å²) in [5.74, 6) is 0.681. The summed E-state index contributed by atoms with van der Waals surface area (Å²) in [5, 5.41) is 5.06. The Kier molecular flexibility index (Phi) is 2.78. The highest BCUT2D eigenvalue weighted by Crippen LogP contribution is 2.43. The highest BCUT2D eigenvalue weighted by Gasteiger charge is 2.30. The highest BCUT2D eigenvalue weighted by atomic mass is 79.9. The lowest BCUT2D eigenvalue weighted by molar-refractivity contribution is -0.118. The predicted octanol–water partition coefficient (Wildman–Crippen LogP) is 4.10. The molecule has 4 heteroatoms. The molecule has 19 heavy (non-hydrogen) atoms. The van der Waals surface area contributed by atoms with Gasteiger partial charge in [-0.25, -0.2) is 0 Å². The number of hydrogen-bond donors (Lipinski definition) is 1. The number of hydrogen-bond acceptors (Lipinski definition) is 2. The molecule has 2 aromatic rings. The Hall–Kier alpha value is -1.55. The van der Waals surface area contributed by atoms with Gasteiger partial charge < -0.3 is 10.1 Å². The van der Waals surface area contributed by atoms with Crippen LogP contribution < -0.4 is 10.1 Å². The maximum atomic E-state index is 11.9. The first-order chi connectivity index (χ1) is 8.96. The van der Waals surface area contributed by atoms with E-state index in [0.717, 1.165) is 20.9 Å². The van der Waals surface area contributed by atoms with Crippen molar-refractivity contribution in [1.82, 2.24) is 0 Å². The number of nitrogens with one attached hydrogen (secondary N) is 1. The Morgan fingerprint density at radius 3 is 2.84 bits per heavy atom. The zero-order chi connectivity index (χ0) is 13.6. The van der Waals surface area contributed by atoms with Crippen molar-refractivity contribution in [2.24, 2.45) is 0 Å². The first kappa shape index (κ1) is 12.5. The van der Waals surface area contributed by atoms with E-state index < -0.39 is 5.60 Å². The standard InChI is InChI=1S/C15H14BrNO2/c1-15(2)8-12(18)17-11-7-9-5-3-4-6-10(9)13(16)14(11)19-15/h3-7H,8H2,1-2H3,(H,17,18). The van der Waals surface area contributed by atoms with Gasteiger partial charge in [0.05, 0.1) is 16.6 Å². The molecule has 0 saturated carbocycles. The van der Waals surface area contributed by atoms with Crippen LogP contribution >= 0.6 is 15.9 Å². The highest BCUT2D eigenvalue weighted by molar-refractivity contribution is 9.10. The van der Waals surface area contributed by atoms with Gasteiger partial charge in [-0.2, -0.15) is 0 Å². The Labute approximate surface area is 120 Å². The van der Waals surface area contributed by atoms with Gasteiger partial charge >= 0.3 is 0 Å². The SMILES string of the molecule is CC1(C)CC(=O)Nc2cc3ccccc3c(Br)c2O1. The molecule has 1 aliphatic heterocycles. The van der Waals surface area contributed by atoms with E-state index in [9.17, 15) is 4.79 Å². The van der Waals surface area contributed by atoms with Gasteiger partial charge in [-0.05, 0) is 46.6 Å². The summed E-state index contributed by atoms with van der Waals surface area (Å²) in [7, 11) is 0. The molecule has 0 bridgehead atoms. The molecule has 0 spiro atoms. The summed E-state index contributed by atoms with van der Waals surface area (Å²) < 4.78 is 6.91. The minimum atomic E-state index is -0.514. The summed E-state index contributed by atoms with van der Waals surface area (Å²) in [5.41, 5.74) is 0.210. The lowest BCUT2D eigenvalue weighted by atomic mass is 10.1. The van der Waals surface area contributed by atoms with E-state index in [0.29, 0.717) is 12.2 Å². The molecular weight excluding hydrogens is 306 g/mol. The smallest absolute Gasteiger partial charge is 0.228 e. The fourth-order valence-corrected chi connectivity index (χ4v) is 3.03. The van der Waals surface area contributed by atoms with Crippen molar-refractivity contribution in [2.45, 2.75) is 25.9 Å². The largest absolute Gasteiger partial charge is 0.484 e. The van der Waals surface area contributed by atoms with Gasteiger partial charge in [-0.15, -0.1) is 0 Å². The van der Waals surface area contributed by atoms with Crippen molar-refractivity contribution >= 4 is 38.3 Å². The van der Waals surface area contributed by atoms with Crippen molar-refractivity contribution in [1.29, 1.82) is 0 Å². The first-order valence-electron chi connectivity index (χ1n) is 6.16. The van der Waals surface area contributed by atoms with Gasteiger partial charge in [0, 0.05) is 0 Å². The third kappa shape index (κ3) is 2.21. The van der Waals surface area contributed by atoms with Crippen LogP contribution in [0.25, 0.3) is 10.8 Å². The van der Waals surface area contributed by atoms with Crippen LogP contribution in [0, 0.1) is 0 Å². The van der Waals surface area contributed by atoms with Gasteiger partial charge in [0.15, 0.2) is 5.75 Å². The number of carbonyl (C=O) groups excluding carboxylic acids is 1. The van der Waals surface area contributed by atoms with Crippen LogP contribution in [-0.2, 0) is 4.79 Å². The third-order valence-corrected chi connectivity index (χ3v) is 3.97. The third-order valence-electron chi connectivity index (χ3n) is 3.18. The number of anilines is 1. The van der Waals surface area contributed by atoms with Crippen molar-refractivity contribution in [3.63, 3.8) is 0 Å². The zero-order valence-electron chi connectivity index (χ0n) is 10.8. The Bertz CT molecular complexity index is 679. The lowest BCUT2D eigenvalue weighted by Gasteiger charge is -2.24. The number of amides is 1. The minimum Gasteiger partial charge on any atom is -0.484 e. The van der Waals surface area contributed by atoms with Gasteiger partial charge in [-0.3, -0.25) is 4.79 Å². The molecule has 0 atom stereocenters. The van der Waals surface area contributed by atoms with Gasteiger partial charge in [0.1, 0.15) is 5.60 Å². The van der Waals surface area contributed by atoms with Gasteiger partial charge in [0.25, 0.3) is 0 Å². The molecule has 1 aliphatic rings. The molecule has 0 aromatic heterocycles. The van der Waals surface area contributed by atoms with Crippen molar-refractivity contribution < 1.29 is 9.53 Å². The summed E-state index contributed by atoms with van der Waals surface area (Å²) in [6.07, 6.45) is 0.338. The molecule has 1 amide bonds. The fourth-order valence-electron chi connectivity index (χ4n) is 2.37. The Balaban J connectivity index is 2.28. The summed E-state index contributed by atoms with van der Waals surface area (Å²) in [4.78, 5) is 11.9. The average molecular weight is 320 g/mol. The maximum Gasteiger partial charge on any atom is 0.228 e. The van der Waals surface area contributed by atoms with Crippen LogP contribution in [0.3, 0.4) is 0 Å². The molecule has 3 nitrogen and oxygen atoms in total. The van der Waals surface area contributed by atoms with E-state index in [1.807, 2.05) is 44.2 Å². The molecule has 2 aromatic carbocycles. The molecule has 0 radical (unpaired) electrons. The van der Waals surface area contributed by atoms with E-state index in [4.69, 9.17) is 4.74 Å². The van der Waals surface area contributed by atoms with Crippen molar-refractivity contribution in [3.05, 3.63) is 34.8 Å². The second kappa shape index (κ2) is 4.23. The molecule has 0 fully saturated rings. The molecular formula is C15H14BrNO2. The van der Waals surface area contributed by atoms with Gasteiger partial charge in [0.2, 0.25) is 5.91 Å². The fraction of sp³-hybridized carbons (Fsp3) is 0.267. The number of benzene rings is 2. The second-order valence-electron chi connectivity index (χ2n) is 5.38. The summed E-state index contributed by atoms with van der Waals surface area (Å²) in [6, 6.07) is 9.96. The number of carbonyl (C=O) groups is 1. The number of ether oxygens (including phenoxy) is 1. The zero-order valence-corrected chi connectivity index (χ0v) is 12.4. The maximum absolute atomic E-state index is 11.9. The average Bonchev–Trinajstić information content (AvgIpc) is 2.44. The monoisotopic (exact) mass is 319 g/mol. The molecule has 0 aliphatic carbocycles. The molecule has 1 N–H and O–H groups in total. The van der Waals surface area contributed by atoms with Gasteiger partial charge in [-0.1, -0.05) is 24.3 Å². The van der Waals surface area contributed by atoms with E-state index in [1.165, 1.54) is 0 Å². The molecule has 3 rings (SSSR count). The number of rotatable bonds is 0. The topological polar surface area (TPSA) is 38.3 Å².